The normalized spacial score (nSPS) is 10.3. The second kappa shape index (κ2) is 4.65. The first kappa shape index (κ1) is 11.1. The minimum Gasteiger partial charge on any atom is -0.508 e. The summed E-state index contributed by atoms with van der Waals surface area (Å²) in [5.74, 6) is 0.215. The van der Waals surface area contributed by atoms with Gasteiger partial charge in [0.2, 0.25) is 0 Å². The van der Waals surface area contributed by atoms with Crippen molar-refractivity contribution in [2.45, 2.75) is 6.54 Å². The number of aromatic nitrogens is 2. The van der Waals surface area contributed by atoms with Crippen molar-refractivity contribution >= 4 is 22.6 Å². The summed E-state index contributed by atoms with van der Waals surface area (Å²) in [6, 6.07) is 8.25. The Balaban J connectivity index is 2.27. The van der Waals surface area contributed by atoms with Crippen molar-refractivity contribution in [1.82, 2.24) is 9.78 Å². The highest BCUT2D eigenvalue weighted by atomic mass is 127. The summed E-state index contributed by atoms with van der Waals surface area (Å²) in [4.78, 5) is 11.6. The predicted octanol–water partition coefficient (Wildman–Crippen LogP) is 1.60. The van der Waals surface area contributed by atoms with Gasteiger partial charge in [-0.3, -0.25) is 4.79 Å². The van der Waals surface area contributed by atoms with Crippen LogP contribution in [0, 0.1) is 3.57 Å². The SMILES string of the molecule is O=c1cc(I)cnn1Cc1ccc(O)cc1. The van der Waals surface area contributed by atoms with Gasteiger partial charge in [0, 0.05) is 9.64 Å². The Bertz CT molecular complexity index is 549. The number of rotatable bonds is 2. The second-order valence-electron chi connectivity index (χ2n) is 3.34. The molecule has 0 aliphatic carbocycles. The lowest BCUT2D eigenvalue weighted by Crippen LogP contribution is -2.22. The zero-order valence-electron chi connectivity index (χ0n) is 8.30. The first-order chi connectivity index (χ1) is 7.65. The average molecular weight is 328 g/mol. The molecule has 1 N–H and O–H groups in total. The highest BCUT2D eigenvalue weighted by molar-refractivity contribution is 14.1. The topological polar surface area (TPSA) is 55.1 Å². The van der Waals surface area contributed by atoms with E-state index in [1.165, 1.54) is 10.7 Å². The molecule has 0 radical (unpaired) electrons. The zero-order valence-corrected chi connectivity index (χ0v) is 10.5. The van der Waals surface area contributed by atoms with Crippen molar-refractivity contribution in [3.05, 3.63) is 56.0 Å². The van der Waals surface area contributed by atoms with E-state index in [4.69, 9.17) is 5.11 Å². The molecule has 16 heavy (non-hydrogen) atoms. The maximum atomic E-state index is 11.6. The van der Waals surface area contributed by atoms with Crippen molar-refractivity contribution in [3.63, 3.8) is 0 Å². The van der Waals surface area contributed by atoms with E-state index in [0.29, 0.717) is 6.54 Å². The molecule has 0 aliphatic rings. The van der Waals surface area contributed by atoms with Crippen LogP contribution in [0.15, 0.2) is 41.3 Å². The lowest BCUT2D eigenvalue weighted by molar-refractivity contribution is 0.475. The summed E-state index contributed by atoms with van der Waals surface area (Å²) < 4.78 is 2.21. The molecule has 0 atom stereocenters. The van der Waals surface area contributed by atoms with Gasteiger partial charge in [0.1, 0.15) is 5.75 Å². The molecule has 4 nitrogen and oxygen atoms in total. The Morgan fingerprint density at radius 3 is 2.62 bits per heavy atom. The molecule has 0 bridgehead atoms. The smallest absolute Gasteiger partial charge is 0.268 e. The third-order valence-corrected chi connectivity index (χ3v) is 2.69. The van der Waals surface area contributed by atoms with E-state index >= 15 is 0 Å². The largest absolute Gasteiger partial charge is 0.508 e. The van der Waals surface area contributed by atoms with Crippen LogP contribution in [0.3, 0.4) is 0 Å². The van der Waals surface area contributed by atoms with Gasteiger partial charge in [0.25, 0.3) is 5.56 Å². The number of hydrogen-bond donors (Lipinski definition) is 1. The maximum absolute atomic E-state index is 11.6. The maximum Gasteiger partial charge on any atom is 0.268 e. The van der Waals surface area contributed by atoms with E-state index in [-0.39, 0.29) is 11.3 Å². The van der Waals surface area contributed by atoms with Gasteiger partial charge < -0.3 is 5.11 Å². The molecule has 2 aromatic rings. The molecule has 1 aromatic carbocycles. The fraction of sp³-hybridized carbons (Fsp3) is 0.0909. The van der Waals surface area contributed by atoms with Gasteiger partial charge in [-0.15, -0.1) is 0 Å². The van der Waals surface area contributed by atoms with E-state index < -0.39 is 0 Å². The number of nitrogens with zero attached hydrogens (tertiary/aromatic N) is 2. The molecule has 0 unspecified atom stereocenters. The zero-order chi connectivity index (χ0) is 11.5. The molecule has 1 heterocycles. The third-order valence-electron chi connectivity index (χ3n) is 2.10. The molecule has 2 rings (SSSR count). The Morgan fingerprint density at radius 2 is 2.00 bits per heavy atom. The molecule has 5 heteroatoms. The van der Waals surface area contributed by atoms with Crippen LogP contribution in [0.2, 0.25) is 0 Å². The second-order valence-corrected chi connectivity index (χ2v) is 4.58. The van der Waals surface area contributed by atoms with Gasteiger partial charge in [0.05, 0.1) is 12.7 Å². The molecule has 82 valence electrons. The third kappa shape index (κ3) is 2.60. The van der Waals surface area contributed by atoms with Crippen LogP contribution in [-0.2, 0) is 6.54 Å². The minimum absolute atomic E-state index is 0.125. The number of phenolic OH excluding ortho intramolecular Hbond substituents is 1. The van der Waals surface area contributed by atoms with Gasteiger partial charge in [-0.05, 0) is 40.3 Å². The highest BCUT2D eigenvalue weighted by Gasteiger charge is 2.00. The van der Waals surface area contributed by atoms with Crippen molar-refractivity contribution in [3.8, 4) is 5.75 Å². The van der Waals surface area contributed by atoms with E-state index in [0.717, 1.165) is 9.13 Å². The molecule has 0 saturated heterocycles. The van der Waals surface area contributed by atoms with Gasteiger partial charge in [-0.25, -0.2) is 4.68 Å². The summed E-state index contributed by atoms with van der Waals surface area (Å²) >= 11 is 2.05. The van der Waals surface area contributed by atoms with Crippen LogP contribution in [0.5, 0.6) is 5.75 Å². The van der Waals surface area contributed by atoms with Crippen LogP contribution >= 0.6 is 22.6 Å². The number of aromatic hydroxyl groups is 1. The average Bonchev–Trinajstić information content (AvgIpc) is 2.25. The van der Waals surface area contributed by atoms with Crippen LogP contribution < -0.4 is 5.56 Å². The van der Waals surface area contributed by atoms with Crippen molar-refractivity contribution in [1.29, 1.82) is 0 Å². The van der Waals surface area contributed by atoms with Gasteiger partial charge in [-0.1, -0.05) is 12.1 Å². The molecule has 0 amide bonds. The van der Waals surface area contributed by atoms with Crippen LogP contribution in [0.25, 0.3) is 0 Å². The highest BCUT2D eigenvalue weighted by Crippen LogP contribution is 2.09. The first-order valence-electron chi connectivity index (χ1n) is 4.66. The summed E-state index contributed by atoms with van der Waals surface area (Å²) in [7, 11) is 0. The van der Waals surface area contributed by atoms with E-state index in [1.54, 1.807) is 30.5 Å². The predicted molar refractivity (Wildman–Crippen MR) is 68.4 cm³/mol. The van der Waals surface area contributed by atoms with Crippen molar-refractivity contribution in [2.24, 2.45) is 0 Å². The Hall–Kier alpha value is -1.37. The molecule has 1 aromatic heterocycles. The molecule has 0 spiro atoms. The fourth-order valence-electron chi connectivity index (χ4n) is 1.30. The Kier molecular flexibility index (Phi) is 3.23. The molecular weight excluding hydrogens is 319 g/mol. The van der Waals surface area contributed by atoms with Crippen molar-refractivity contribution in [2.75, 3.05) is 0 Å². The lowest BCUT2D eigenvalue weighted by atomic mass is 10.2. The Morgan fingerprint density at radius 1 is 1.31 bits per heavy atom. The van der Waals surface area contributed by atoms with Gasteiger partial charge in [-0.2, -0.15) is 5.10 Å². The van der Waals surface area contributed by atoms with Crippen LogP contribution in [0.4, 0.5) is 0 Å². The Labute approximate surface area is 106 Å². The van der Waals surface area contributed by atoms with E-state index in [9.17, 15) is 4.79 Å². The summed E-state index contributed by atoms with van der Waals surface area (Å²) in [6.07, 6.45) is 1.64. The molecule has 0 saturated carbocycles. The van der Waals surface area contributed by atoms with Crippen LogP contribution in [-0.4, -0.2) is 14.9 Å². The number of hydrogen-bond acceptors (Lipinski definition) is 3. The van der Waals surface area contributed by atoms with E-state index in [2.05, 4.69) is 5.10 Å². The summed E-state index contributed by atoms with van der Waals surface area (Å²) in [5.41, 5.74) is 0.800. The number of benzene rings is 1. The molecule has 0 fully saturated rings. The monoisotopic (exact) mass is 328 g/mol. The first-order valence-corrected chi connectivity index (χ1v) is 5.73. The van der Waals surface area contributed by atoms with E-state index in [1.807, 2.05) is 22.6 Å². The molecular formula is C11H9IN2O2. The summed E-state index contributed by atoms with van der Waals surface area (Å²) in [6.45, 7) is 0.413. The number of phenols is 1. The van der Waals surface area contributed by atoms with Gasteiger partial charge in [0.15, 0.2) is 0 Å². The van der Waals surface area contributed by atoms with Crippen molar-refractivity contribution < 1.29 is 5.11 Å². The van der Waals surface area contributed by atoms with Crippen LogP contribution in [0.1, 0.15) is 5.56 Å². The lowest BCUT2D eigenvalue weighted by Gasteiger charge is -2.04. The summed E-state index contributed by atoms with van der Waals surface area (Å²) in [5, 5.41) is 13.2. The quantitative estimate of drug-likeness (QED) is 0.852. The van der Waals surface area contributed by atoms with Gasteiger partial charge >= 0.3 is 0 Å². The standard InChI is InChI=1S/C11H9IN2O2/c12-9-5-11(16)14(13-6-9)7-8-1-3-10(15)4-2-8/h1-6,15H,7H2. The minimum atomic E-state index is -0.125. The molecule has 0 aliphatic heterocycles. The fourth-order valence-corrected chi connectivity index (χ4v) is 1.70. The number of halogens is 1.